The molecule has 0 spiro atoms. The number of rotatable bonds is 6. The summed E-state index contributed by atoms with van der Waals surface area (Å²) in [5.41, 5.74) is -0.0709. The lowest BCUT2D eigenvalue weighted by molar-refractivity contribution is -0.385. The first kappa shape index (κ1) is 16.5. The van der Waals surface area contributed by atoms with Gasteiger partial charge < -0.3 is 14.5 Å². The summed E-state index contributed by atoms with van der Waals surface area (Å²) >= 11 is 0. The van der Waals surface area contributed by atoms with Crippen LogP contribution in [0.5, 0.6) is 0 Å². The van der Waals surface area contributed by atoms with Crippen molar-refractivity contribution in [2.45, 2.75) is 38.3 Å². The summed E-state index contributed by atoms with van der Waals surface area (Å²) in [6.07, 6.45) is 3.71. The van der Waals surface area contributed by atoms with E-state index in [2.05, 4.69) is 20.1 Å². The molecule has 1 aliphatic rings. The number of piperidine rings is 1. The van der Waals surface area contributed by atoms with Crippen LogP contribution < -0.4 is 0 Å². The highest BCUT2D eigenvalue weighted by atomic mass is 16.6. The molecular formula is C14H20N6O4. The quantitative estimate of drug-likeness (QED) is 0.604. The number of aromatic nitrogens is 4. The van der Waals surface area contributed by atoms with Gasteiger partial charge in [0.15, 0.2) is 5.82 Å². The molecule has 0 bridgehead atoms. The minimum Gasteiger partial charge on any atom is -0.390 e. The molecule has 1 atom stereocenters. The number of β-amino-alcohol motifs (C(OH)–C–C–N with tert-alkyl or cyclic N) is 1. The summed E-state index contributed by atoms with van der Waals surface area (Å²) in [6.45, 7) is 4.20. The number of hydrogen-bond acceptors (Lipinski definition) is 8. The second-order valence-corrected chi connectivity index (χ2v) is 6.08. The van der Waals surface area contributed by atoms with Crippen molar-refractivity contribution in [3.63, 3.8) is 0 Å². The highest BCUT2D eigenvalue weighted by Crippen LogP contribution is 2.25. The van der Waals surface area contributed by atoms with Crippen molar-refractivity contribution in [3.8, 4) is 0 Å². The van der Waals surface area contributed by atoms with E-state index in [0.29, 0.717) is 18.4 Å². The van der Waals surface area contributed by atoms with E-state index in [0.717, 1.165) is 31.8 Å². The fraction of sp³-hybridized carbons (Fsp3) is 0.643. The van der Waals surface area contributed by atoms with E-state index in [9.17, 15) is 15.2 Å². The lowest BCUT2D eigenvalue weighted by Gasteiger charge is -2.31. The number of aliphatic hydroxyl groups excluding tert-OH is 1. The van der Waals surface area contributed by atoms with Crippen LogP contribution in [0.25, 0.3) is 0 Å². The maximum Gasteiger partial charge on any atom is 0.306 e. The molecule has 1 saturated heterocycles. The van der Waals surface area contributed by atoms with Gasteiger partial charge in [-0.15, -0.1) is 0 Å². The Labute approximate surface area is 138 Å². The van der Waals surface area contributed by atoms with Crippen molar-refractivity contribution in [2.24, 2.45) is 0 Å². The Bertz CT molecular complexity index is 691. The van der Waals surface area contributed by atoms with Crippen LogP contribution in [-0.4, -0.2) is 60.6 Å². The van der Waals surface area contributed by atoms with E-state index >= 15 is 0 Å². The Kier molecular flexibility index (Phi) is 4.86. The van der Waals surface area contributed by atoms with Crippen LogP contribution in [-0.2, 0) is 6.54 Å². The van der Waals surface area contributed by atoms with Gasteiger partial charge in [-0.2, -0.15) is 10.1 Å². The molecule has 3 rings (SSSR count). The largest absolute Gasteiger partial charge is 0.390 e. The summed E-state index contributed by atoms with van der Waals surface area (Å²) in [7, 11) is 0. The van der Waals surface area contributed by atoms with Crippen molar-refractivity contribution in [2.75, 3.05) is 19.6 Å². The fourth-order valence-corrected chi connectivity index (χ4v) is 2.97. The van der Waals surface area contributed by atoms with Gasteiger partial charge in [-0.3, -0.25) is 14.8 Å². The molecule has 0 aliphatic carbocycles. The standard InChI is InChI=1S/C14H20N6O4/c1-10-16-14(17-24-10)11-2-4-18(5-3-11)8-13(21)9-19-7-12(6-15-19)20(22)23/h6-7,11,13,21H,2-5,8-9H2,1H3. The first-order chi connectivity index (χ1) is 11.5. The van der Waals surface area contributed by atoms with E-state index in [1.54, 1.807) is 6.92 Å². The molecule has 0 radical (unpaired) electrons. The van der Waals surface area contributed by atoms with Gasteiger partial charge in [0.05, 0.1) is 17.6 Å². The predicted molar refractivity (Wildman–Crippen MR) is 82.3 cm³/mol. The zero-order valence-corrected chi connectivity index (χ0v) is 13.4. The Morgan fingerprint density at radius 2 is 2.21 bits per heavy atom. The third-order valence-electron chi connectivity index (χ3n) is 4.19. The average Bonchev–Trinajstić information content (AvgIpc) is 3.17. The topological polar surface area (TPSA) is 123 Å². The maximum absolute atomic E-state index is 10.6. The van der Waals surface area contributed by atoms with Gasteiger partial charge in [-0.25, -0.2) is 0 Å². The van der Waals surface area contributed by atoms with E-state index in [4.69, 9.17) is 4.52 Å². The number of nitro groups is 1. The second kappa shape index (κ2) is 7.05. The van der Waals surface area contributed by atoms with Crippen molar-refractivity contribution < 1.29 is 14.6 Å². The highest BCUT2D eigenvalue weighted by molar-refractivity contribution is 5.20. The predicted octanol–water partition coefficient (Wildman–Crippen LogP) is 0.723. The molecule has 0 aromatic carbocycles. The normalized spacial score (nSPS) is 17.9. The molecule has 1 fully saturated rings. The van der Waals surface area contributed by atoms with Crippen molar-refractivity contribution in [1.82, 2.24) is 24.8 Å². The minimum atomic E-state index is -0.631. The van der Waals surface area contributed by atoms with E-state index < -0.39 is 11.0 Å². The van der Waals surface area contributed by atoms with E-state index in [-0.39, 0.29) is 12.2 Å². The second-order valence-electron chi connectivity index (χ2n) is 6.08. The summed E-state index contributed by atoms with van der Waals surface area (Å²) in [5, 5.41) is 28.7. The number of aryl methyl sites for hydroxylation is 1. The van der Waals surface area contributed by atoms with E-state index in [1.807, 2.05) is 0 Å². The Hall–Kier alpha value is -2.33. The van der Waals surface area contributed by atoms with Crippen molar-refractivity contribution >= 4 is 5.69 Å². The van der Waals surface area contributed by atoms with Crippen LogP contribution in [0, 0.1) is 17.0 Å². The zero-order chi connectivity index (χ0) is 17.1. The molecule has 130 valence electrons. The van der Waals surface area contributed by atoms with Gasteiger partial charge in [-0.05, 0) is 25.9 Å². The SMILES string of the molecule is Cc1nc(C2CCN(CC(O)Cn3cc([N+](=O)[O-])cn3)CC2)no1. The Morgan fingerprint density at radius 1 is 1.46 bits per heavy atom. The van der Waals surface area contributed by atoms with Crippen LogP contribution in [0.4, 0.5) is 5.69 Å². The molecule has 0 amide bonds. The number of likely N-dealkylation sites (tertiary alicyclic amines) is 1. The first-order valence-electron chi connectivity index (χ1n) is 7.88. The fourth-order valence-electron chi connectivity index (χ4n) is 2.97. The van der Waals surface area contributed by atoms with Crippen LogP contribution in [0.3, 0.4) is 0 Å². The van der Waals surface area contributed by atoms with Gasteiger partial charge in [0.25, 0.3) is 0 Å². The molecule has 10 heteroatoms. The average molecular weight is 336 g/mol. The van der Waals surface area contributed by atoms with Crippen LogP contribution in [0.1, 0.15) is 30.5 Å². The Balaban J connectivity index is 1.45. The molecule has 2 aromatic rings. The lowest BCUT2D eigenvalue weighted by atomic mass is 9.96. The molecular weight excluding hydrogens is 316 g/mol. The maximum atomic E-state index is 10.6. The third-order valence-corrected chi connectivity index (χ3v) is 4.19. The molecule has 1 N–H and O–H groups in total. The third kappa shape index (κ3) is 3.95. The summed E-state index contributed by atoms with van der Waals surface area (Å²) in [6, 6.07) is 0. The highest BCUT2D eigenvalue weighted by Gasteiger charge is 2.25. The molecule has 1 aliphatic heterocycles. The van der Waals surface area contributed by atoms with Crippen LogP contribution in [0.15, 0.2) is 16.9 Å². The van der Waals surface area contributed by atoms with Crippen molar-refractivity contribution in [1.29, 1.82) is 0 Å². The number of nitrogens with zero attached hydrogens (tertiary/aromatic N) is 6. The molecule has 0 saturated carbocycles. The monoisotopic (exact) mass is 336 g/mol. The Morgan fingerprint density at radius 3 is 2.79 bits per heavy atom. The summed E-state index contributed by atoms with van der Waals surface area (Å²) < 4.78 is 6.42. The van der Waals surface area contributed by atoms with Gasteiger partial charge in [0, 0.05) is 19.4 Å². The van der Waals surface area contributed by atoms with Crippen LogP contribution in [0.2, 0.25) is 0 Å². The first-order valence-corrected chi connectivity index (χ1v) is 7.88. The molecule has 24 heavy (non-hydrogen) atoms. The van der Waals surface area contributed by atoms with Gasteiger partial charge in [0.2, 0.25) is 5.89 Å². The van der Waals surface area contributed by atoms with Gasteiger partial charge in [0.1, 0.15) is 12.4 Å². The smallest absolute Gasteiger partial charge is 0.306 e. The molecule has 1 unspecified atom stereocenters. The summed E-state index contributed by atoms with van der Waals surface area (Å²) in [4.78, 5) is 16.6. The number of hydrogen-bond donors (Lipinski definition) is 1. The van der Waals surface area contributed by atoms with Crippen molar-refractivity contribution in [3.05, 3.63) is 34.2 Å². The zero-order valence-electron chi connectivity index (χ0n) is 13.4. The molecule has 10 nitrogen and oxygen atoms in total. The minimum absolute atomic E-state index is 0.0709. The van der Waals surface area contributed by atoms with Gasteiger partial charge >= 0.3 is 5.69 Å². The molecule has 3 heterocycles. The van der Waals surface area contributed by atoms with Crippen LogP contribution >= 0.6 is 0 Å². The number of aliphatic hydroxyl groups is 1. The van der Waals surface area contributed by atoms with Gasteiger partial charge in [-0.1, -0.05) is 5.16 Å². The lowest BCUT2D eigenvalue weighted by Crippen LogP contribution is -2.39. The van der Waals surface area contributed by atoms with E-state index in [1.165, 1.54) is 17.1 Å². The summed E-state index contributed by atoms with van der Waals surface area (Å²) in [5.74, 6) is 1.64. The molecule has 2 aromatic heterocycles.